The second-order valence-corrected chi connectivity index (χ2v) is 5.35. The van der Waals surface area contributed by atoms with Gasteiger partial charge in [-0.3, -0.25) is 0 Å². The van der Waals surface area contributed by atoms with Crippen LogP contribution < -0.4 is 5.32 Å². The van der Waals surface area contributed by atoms with Gasteiger partial charge in [0.15, 0.2) is 0 Å². The lowest BCUT2D eigenvalue weighted by Gasteiger charge is -2.31. The highest BCUT2D eigenvalue weighted by Gasteiger charge is 2.35. The Labute approximate surface area is 96.7 Å². The van der Waals surface area contributed by atoms with Crippen molar-refractivity contribution in [3.63, 3.8) is 0 Å². The first kappa shape index (κ1) is 13.0. The molecule has 92 valence electrons. The van der Waals surface area contributed by atoms with Crippen LogP contribution in [0.3, 0.4) is 0 Å². The van der Waals surface area contributed by atoms with Gasteiger partial charge in [0, 0.05) is 0 Å². The fourth-order valence-electron chi connectivity index (χ4n) is 1.63. The molecular weight excluding hydrogens is 206 g/mol. The van der Waals surface area contributed by atoms with Gasteiger partial charge >= 0.3 is 6.09 Å². The van der Waals surface area contributed by atoms with Crippen LogP contribution in [0.5, 0.6) is 0 Å². The smallest absolute Gasteiger partial charge is 0.407 e. The molecule has 0 saturated carbocycles. The van der Waals surface area contributed by atoms with Crippen LogP contribution in [0.2, 0.25) is 0 Å². The highest BCUT2D eigenvalue weighted by atomic mass is 16.6. The third kappa shape index (κ3) is 3.52. The van der Waals surface area contributed by atoms with Crippen molar-refractivity contribution in [2.45, 2.75) is 57.8 Å². The van der Waals surface area contributed by atoms with Gasteiger partial charge in [0.25, 0.3) is 0 Å². The van der Waals surface area contributed by atoms with Gasteiger partial charge in [0.2, 0.25) is 0 Å². The first-order valence-corrected chi connectivity index (χ1v) is 5.60. The number of rotatable bonds is 2. The molecule has 0 aliphatic heterocycles. The van der Waals surface area contributed by atoms with E-state index >= 15 is 0 Å². The molecular formula is C12H21NO3. The Kier molecular flexibility index (Phi) is 3.63. The Morgan fingerprint density at radius 3 is 2.38 bits per heavy atom. The lowest BCUT2D eigenvalue weighted by atomic mass is 9.93. The van der Waals surface area contributed by atoms with Crippen molar-refractivity contribution < 1.29 is 14.6 Å². The summed E-state index contributed by atoms with van der Waals surface area (Å²) in [5, 5.41) is 12.8. The van der Waals surface area contributed by atoms with Crippen LogP contribution in [-0.2, 0) is 4.74 Å². The predicted octanol–water partition coefficient (Wildman–Crippen LogP) is 1.98. The molecule has 16 heavy (non-hydrogen) atoms. The Bertz CT molecular complexity index is 283. The topological polar surface area (TPSA) is 58.6 Å². The van der Waals surface area contributed by atoms with Crippen molar-refractivity contribution in [2.24, 2.45) is 0 Å². The number of ether oxygens (including phenoxy) is 1. The van der Waals surface area contributed by atoms with E-state index in [9.17, 15) is 9.90 Å². The van der Waals surface area contributed by atoms with E-state index < -0.39 is 17.3 Å². The normalized spacial score (nSPS) is 20.6. The molecule has 0 saturated heterocycles. The van der Waals surface area contributed by atoms with Crippen molar-refractivity contribution in [2.75, 3.05) is 0 Å². The minimum Gasteiger partial charge on any atom is -0.444 e. The molecule has 0 radical (unpaired) electrons. The molecule has 0 spiro atoms. The SMILES string of the molecule is C[C@H](NC(=O)OC(C)(C)C)C1(O)CC=CC1. The van der Waals surface area contributed by atoms with Gasteiger partial charge in [-0.05, 0) is 40.5 Å². The van der Waals surface area contributed by atoms with E-state index in [1.54, 1.807) is 6.92 Å². The molecule has 1 amide bonds. The van der Waals surface area contributed by atoms with Crippen molar-refractivity contribution in [3.05, 3.63) is 12.2 Å². The molecule has 0 aromatic rings. The zero-order valence-electron chi connectivity index (χ0n) is 10.4. The molecule has 0 bridgehead atoms. The number of carbonyl (C=O) groups excluding carboxylic acids is 1. The maximum Gasteiger partial charge on any atom is 0.407 e. The second kappa shape index (κ2) is 4.45. The van der Waals surface area contributed by atoms with Gasteiger partial charge in [-0.15, -0.1) is 0 Å². The van der Waals surface area contributed by atoms with E-state index in [1.165, 1.54) is 0 Å². The molecule has 0 aromatic heterocycles. The van der Waals surface area contributed by atoms with Gasteiger partial charge in [-0.2, -0.15) is 0 Å². The third-order valence-electron chi connectivity index (χ3n) is 2.65. The summed E-state index contributed by atoms with van der Waals surface area (Å²) in [6.07, 6.45) is 4.51. The minimum atomic E-state index is -0.864. The minimum absolute atomic E-state index is 0.322. The van der Waals surface area contributed by atoms with Crippen molar-refractivity contribution in [1.29, 1.82) is 0 Å². The summed E-state index contributed by atoms with van der Waals surface area (Å²) in [5.74, 6) is 0. The summed E-state index contributed by atoms with van der Waals surface area (Å²) in [7, 11) is 0. The summed E-state index contributed by atoms with van der Waals surface area (Å²) < 4.78 is 5.13. The lowest BCUT2D eigenvalue weighted by Crippen LogP contribution is -2.50. The van der Waals surface area contributed by atoms with Crippen LogP contribution in [0.4, 0.5) is 4.79 Å². The van der Waals surface area contributed by atoms with Crippen molar-refractivity contribution in [3.8, 4) is 0 Å². The summed E-state index contributed by atoms with van der Waals surface area (Å²) in [6, 6.07) is -0.322. The number of carbonyl (C=O) groups is 1. The molecule has 1 rings (SSSR count). The number of nitrogens with one attached hydrogen (secondary N) is 1. The molecule has 0 fully saturated rings. The van der Waals surface area contributed by atoms with Crippen molar-refractivity contribution >= 4 is 6.09 Å². The summed E-state index contributed by atoms with van der Waals surface area (Å²) in [6.45, 7) is 7.21. The summed E-state index contributed by atoms with van der Waals surface area (Å²) in [4.78, 5) is 11.5. The fourth-order valence-corrected chi connectivity index (χ4v) is 1.63. The van der Waals surface area contributed by atoms with Gasteiger partial charge in [0.1, 0.15) is 5.60 Å². The first-order valence-electron chi connectivity index (χ1n) is 5.60. The monoisotopic (exact) mass is 227 g/mol. The van der Waals surface area contributed by atoms with E-state index in [4.69, 9.17) is 4.74 Å². The van der Waals surface area contributed by atoms with E-state index in [1.807, 2.05) is 32.9 Å². The zero-order chi connectivity index (χ0) is 12.4. The van der Waals surface area contributed by atoms with Crippen LogP contribution in [0, 0.1) is 0 Å². The lowest BCUT2D eigenvalue weighted by molar-refractivity contribution is 0.00663. The number of alkyl carbamates (subject to hydrolysis) is 1. The molecule has 0 unspecified atom stereocenters. The van der Waals surface area contributed by atoms with Gasteiger partial charge in [-0.1, -0.05) is 12.2 Å². The van der Waals surface area contributed by atoms with Crippen LogP contribution in [0.15, 0.2) is 12.2 Å². The molecule has 4 nitrogen and oxygen atoms in total. The molecule has 2 N–H and O–H groups in total. The molecule has 0 aromatic carbocycles. The highest BCUT2D eigenvalue weighted by molar-refractivity contribution is 5.68. The average molecular weight is 227 g/mol. The molecule has 1 aliphatic rings. The number of hydrogen-bond acceptors (Lipinski definition) is 3. The Balaban J connectivity index is 2.45. The highest BCUT2D eigenvalue weighted by Crippen LogP contribution is 2.27. The van der Waals surface area contributed by atoms with Crippen LogP contribution in [-0.4, -0.2) is 28.4 Å². The standard InChI is InChI=1S/C12H21NO3/c1-9(12(15)7-5-6-8-12)13-10(14)16-11(2,3)4/h5-6,9,15H,7-8H2,1-4H3,(H,13,14)/t9-/m0/s1. The summed E-state index contributed by atoms with van der Waals surface area (Å²) >= 11 is 0. The van der Waals surface area contributed by atoms with Crippen LogP contribution >= 0.6 is 0 Å². The molecule has 1 atom stereocenters. The quantitative estimate of drug-likeness (QED) is 0.709. The van der Waals surface area contributed by atoms with E-state index in [2.05, 4.69) is 5.32 Å². The molecule has 1 aliphatic carbocycles. The van der Waals surface area contributed by atoms with Gasteiger partial charge < -0.3 is 15.2 Å². The molecule has 0 heterocycles. The van der Waals surface area contributed by atoms with Gasteiger partial charge in [0.05, 0.1) is 11.6 Å². The largest absolute Gasteiger partial charge is 0.444 e. The van der Waals surface area contributed by atoms with E-state index in [-0.39, 0.29) is 6.04 Å². The average Bonchev–Trinajstić information content (AvgIpc) is 2.49. The fraction of sp³-hybridized carbons (Fsp3) is 0.750. The Morgan fingerprint density at radius 1 is 1.44 bits per heavy atom. The van der Waals surface area contributed by atoms with Crippen molar-refractivity contribution in [1.82, 2.24) is 5.32 Å². The number of aliphatic hydroxyl groups is 1. The number of amides is 1. The second-order valence-electron chi connectivity index (χ2n) is 5.35. The first-order chi connectivity index (χ1) is 7.23. The molecule has 4 heteroatoms. The zero-order valence-corrected chi connectivity index (χ0v) is 10.4. The van der Waals surface area contributed by atoms with Gasteiger partial charge in [-0.25, -0.2) is 4.79 Å². The predicted molar refractivity (Wildman–Crippen MR) is 62.2 cm³/mol. The maximum absolute atomic E-state index is 11.5. The number of hydrogen-bond donors (Lipinski definition) is 2. The van der Waals surface area contributed by atoms with Crippen LogP contribution in [0.1, 0.15) is 40.5 Å². The Morgan fingerprint density at radius 2 is 1.94 bits per heavy atom. The maximum atomic E-state index is 11.5. The van der Waals surface area contributed by atoms with E-state index in [0.717, 1.165) is 0 Å². The Hall–Kier alpha value is -1.03. The third-order valence-corrected chi connectivity index (χ3v) is 2.65. The van der Waals surface area contributed by atoms with Crippen LogP contribution in [0.25, 0.3) is 0 Å². The summed E-state index contributed by atoms with van der Waals surface area (Å²) in [5.41, 5.74) is -1.38. The van der Waals surface area contributed by atoms with E-state index in [0.29, 0.717) is 12.8 Å².